The zero-order valence-corrected chi connectivity index (χ0v) is 12.8. The first-order valence-corrected chi connectivity index (χ1v) is 7.74. The van der Waals surface area contributed by atoms with Gasteiger partial charge in [0.1, 0.15) is 0 Å². The summed E-state index contributed by atoms with van der Waals surface area (Å²) in [6, 6.07) is 14.6. The van der Waals surface area contributed by atoms with Crippen molar-refractivity contribution in [2.45, 2.75) is 25.4 Å². The highest BCUT2D eigenvalue weighted by atomic mass is 16.1. The van der Waals surface area contributed by atoms with Crippen LogP contribution in [0.3, 0.4) is 0 Å². The second kappa shape index (κ2) is 6.71. The third-order valence-corrected chi connectivity index (χ3v) is 4.33. The summed E-state index contributed by atoms with van der Waals surface area (Å²) in [5.41, 5.74) is 1.99. The predicted octanol–water partition coefficient (Wildman–Crippen LogP) is 2.65. The molecule has 1 aliphatic heterocycles. The lowest BCUT2D eigenvalue weighted by molar-refractivity contribution is 0.0936. The molecule has 0 unspecified atom stereocenters. The van der Waals surface area contributed by atoms with Crippen LogP contribution in [0, 0.1) is 0 Å². The number of carbonyl (C=O) groups excluding carboxylic acids is 1. The van der Waals surface area contributed by atoms with Crippen LogP contribution in [0.5, 0.6) is 0 Å². The molecule has 0 aliphatic carbocycles. The fourth-order valence-electron chi connectivity index (χ4n) is 2.97. The average Bonchev–Trinajstić information content (AvgIpc) is 3.04. The second-order valence-electron chi connectivity index (χ2n) is 5.78. The average molecular weight is 295 g/mol. The molecule has 1 aliphatic rings. The van der Waals surface area contributed by atoms with Gasteiger partial charge in [0, 0.05) is 43.1 Å². The van der Waals surface area contributed by atoms with Gasteiger partial charge in [0.05, 0.1) is 0 Å². The van der Waals surface area contributed by atoms with Crippen molar-refractivity contribution in [2.24, 2.45) is 0 Å². The molecule has 0 spiro atoms. The summed E-state index contributed by atoms with van der Waals surface area (Å²) in [4.78, 5) is 18.6. The minimum atomic E-state index is -0.0124. The standard InChI is InChI=1S/C18H21N3O/c1-14(15-5-3-2-4-6-15)21-12-9-17(13-21)20-18(22)16-7-10-19-11-8-16/h2-8,10-11,14,17H,9,12-13H2,1H3,(H,20,22)/t14-,17-/m1/s1. The van der Waals surface area contributed by atoms with E-state index in [4.69, 9.17) is 0 Å². The van der Waals surface area contributed by atoms with E-state index in [1.165, 1.54) is 5.56 Å². The summed E-state index contributed by atoms with van der Waals surface area (Å²) < 4.78 is 0. The number of aromatic nitrogens is 1. The summed E-state index contributed by atoms with van der Waals surface area (Å²) in [7, 11) is 0. The Balaban J connectivity index is 1.57. The zero-order valence-electron chi connectivity index (χ0n) is 12.8. The SMILES string of the molecule is C[C@H](c1ccccc1)N1CC[C@@H](NC(=O)c2ccncc2)C1. The Kier molecular flexibility index (Phi) is 4.49. The van der Waals surface area contributed by atoms with Crippen LogP contribution >= 0.6 is 0 Å². The molecular formula is C18H21N3O. The van der Waals surface area contributed by atoms with Gasteiger partial charge in [-0.15, -0.1) is 0 Å². The third kappa shape index (κ3) is 3.34. The first-order valence-electron chi connectivity index (χ1n) is 7.74. The molecule has 1 N–H and O–H groups in total. The molecular weight excluding hydrogens is 274 g/mol. The highest BCUT2D eigenvalue weighted by molar-refractivity contribution is 5.94. The molecule has 4 heteroatoms. The van der Waals surface area contributed by atoms with Gasteiger partial charge >= 0.3 is 0 Å². The summed E-state index contributed by atoms with van der Waals surface area (Å²) >= 11 is 0. The first kappa shape index (κ1) is 14.7. The van der Waals surface area contributed by atoms with Crippen LogP contribution in [0.15, 0.2) is 54.9 Å². The molecule has 2 atom stereocenters. The van der Waals surface area contributed by atoms with Crippen LogP contribution in [-0.2, 0) is 0 Å². The predicted molar refractivity (Wildman–Crippen MR) is 86.5 cm³/mol. The number of rotatable bonds is 4. The quantitative estimate of drug-likeness (QED) is 0.943. The number of carbonyl (C=O) groups is 1. The lowest BCUT2D eigenvalue weighted by Crippen LogP contribution is -2.37. The van der Waals surface area contributed by atoms with Crippen molar-refractivity contribution in [2.75, 3.05) is 13.1 Å². The molecule has 1 aromatic heterocycles. The van der Waals surface area contributed by atoms with E-state index in [9.17, 15) is 4.79 Å². The topological polar surface area (TPSA) is 45.2 Å². The highest BCUT2D eigenvalue weighted by Crippen LogP contribution is 2.24. The smallest absolute Gasteiger partial charge is 0.251 e. The minimum Gasteiger partial charge on any atom is -0.348 e. The van der Waals surface area contributed by atoms with Gasteiger partial charge in [-0.3, -0.25) is 14.7 Å². The summed E-state index contributed by atoms with van der Waals surface area (Å²) in [6.07, 6.45) is 4.29. The van der Waals surface area contributed by atoms with Crippen LogP contribution in [0.25, 0.3) is 0 Å². The van der Waals surface area contributed by atoms with Gasteiger partial charge in [-0.2, -0.15) is 0 Å². The van der Waals surface area contributed by atoms with Gasteiger partial charge in [-0.1, -0.05) is 30.3 Å². The molecule has 0 saturated carbocycles. The largest absolute Gasteiger partial charge is 0.348 e. The maximum atomic E-state index is 12.2. The first-order chi connectivity index (χ1) is 10.7. The van der Waals surface area contributed by atoms with Crippen LogP contribution in [0.2, 0.25) is 0 Å². The van der Waals surface area contributed by atoms with E-state index < -0.39 is 0 Å². The fourth-order valence-corrected chi connectivity index (χ4v) is 2.97. The molecule has 22 heavy (non-hydrogen) atoms. The molecule has 2 heterocycles. The summed E-state index contributed by atoms with van der Waals surface area (Å²) in [6.45, 7) is 4.13. The highest BCUT2D eigenvalue weighted by Gasteiger charge is 2.27. The van der Waals surface area contributed by atoms with Crippen LogP contribution in [0.1, 0.15) is 35.3 Å². The Labute approximate surface area is 131 Å². The van der Waals surface area contributed by atoms with E-state index in [0.29, 0.717) is 11.6 Å². The van der Waals surface area contributed by atoms with Crippen molar-refractivity contribution in [1.82, 2.24) is 15.2 Å². The van der Waals surface area contributed by atoms with Gasteiger partial charge in [0.15, 0.2) is 0 Å². The molecule has 3 rings (SSSR count). The Morgan fingerprint density at radius 1 is 1.23 bits per heavy atom. The van der Waals surface area contributed by atoms with Gasteiger partial charge in [0.2, 0.25) is 0 Å². The molecule has 1 aromatic carbocycles. The molecule has 1 fully saturated rings. The fraction of sp³-hybridized carbons (Fsp3) is 0.333. The minimum absolute atomic E-state index is 0.0124. The number of nitrogens with zero attached hydrogens (tertiary/aromatic N) is 2. The van der Waals surface area contributed by atoms with Crippen molar-refractivity contribution in [3.63, 3.8) is 0 Å². The zero-order chi connectivity index (χ0) is 15.4. The van der Waals surface area contributed by atoms with Crippen LogP contribution < -0.4 is 5.32 Å². The van der Waals surface area contributed by atoms with E-state index in [1.807, 2.05) is 6.07 Å². The van der Waals surface area contributed by atoms with Gasteiger partial charge in [0.25, 0.3) is 5.91 Å². The maximum absolute atomic E-state index is 12.2. The molecule has 1 amide bonds. The number of hydrogen-bond donors (Lipinski definition) is 1. The number of benzene rings is 1. The Bertz CT molecular complexity index is 615. The lowest BCUT2D eigenvalue weighted by atomic mass is 10.1. The Morgan fingerprint density at radius 2 is 1.95 bits per heavy atom. The molecule has 1 saturated heterocycles. The maximum Gasteiger partial charge on any atom is 0.251 e. The lowest BCUT2D eigenvalue weighted by Gasteiger charge is -2.24. The number of hydrogen-bond acceptors (Lipinski definition) is 3. The second-order valence-corrected chi connectivity index (χ2v) is 5.78. The summed E-state index contributed by atoms with van der Waals surface area (Å²) in [5, 5.41) is 3.12. The van der Waals surface area contributed by atoms with Crippen molar-refractivity contribution in [3.05, 3.63) is 66.0 Å². The van der Waals surface area contributed by atoms with Crippen molar-refractivity contribution in [1.29, 1.82) is 0 Å². The van der Waals surface area contributed by atoms with Crippen molar-refractivity contribution in [3.8, 4) is 0 Å². The van der Waals surface area contributed by atoms with Crippen molar-refractivity contribution < 1.29 is 4.79 Å². The van der Waals surface area contributed by atoms with E-state index in [0.717, 1.165) is 19.5 Å². The molecule has 114 valence electrons. The van der Waals surface area contributed by atoms with E-state index in [-0.39, 0.29) is 11.9 Å². The molecule has 0 radical (unpaired) electrons. The molecule has 4 nitrogen and oxygen atoms in total. The number of amides is 1. The number of likely N-dealkylation sites (tertiary alicyclic amines) is 1. The van der Waals surface area contributed by atoms with E-state index in [1.54, 1.807) is 24.5 Å². The van der Waals surface area contributed by atoms with Gasteiger partial charge in [-0.05, 0) is 31.0 Å². The monoisotopic (exact) mass is 295 g/mol. The normalized spacial score (nSPS) is 19.8. The molecule has 0 bridgehead atoms. The van der Waals surface area contributed by atoms with Gasteiger partial charge < -0.3 is 5.32 Å². The van der Waals surface area contributed by atoms with E-state index >= 15 is 0 Å². The van der Waals surface area contributed by atoms with Crippen LogP contribution in [0.4, 0.5) is 0 Å². The molecule has 2 aromatic rings. The number of pyridine rings is 1. The third-order valence-electron chi connectivity index (χ3n) is 4.33. The van der Waals surface area contributed by atoms with Gasteiger partial charge in [-0.25, -0.2) is 0 Å². The Morgan fingerprint density at radius 3 is 2.68 bits per heavy atom. The van der Waals surface area contributed by atoms with E-state index in [2.05, 4.69) is 46.4 Å². The number of nitrogens with one attached hydrogen (secondary N) is 1. The Hall–Kier alpha value is -2.20. The summed E-state index contributed by atoms with van der Waals surface area (Å²) in [5.74, 6) is -0.0124. The van der Waals surface area contributed by atoms with Crippen molar-refractivity contribution >= 4 is 5.91 Å². The van der Waals surface area contributed by atoms with Crippen LogP contribution in [-0.4, -0.2) is 34.9 Å².